The van der Waals surface area contributed by atoms with Crippen LogP contribution >= 0.6 is 11.3 Å². The summed E-state index contributed by atoms with van der Waals surface area (Å²) >= 11 is 1.06. The van der Waals surface area contributed by atoms with Crippen LogP contribution in [0.2, 0.25) is 0 Å². The molecule has 0 bridgehead atoms. The molecule has 0 radical (unpaired) electrons. The van der Waals surface area contributed by atoms with Crippen molar-refractivity contribution in [2.75, 3.05) is 28.4 Å². The van der Waals surface area contributed by atoms with Crippen LogP contribution in [0.4, 0.5) is 27.0 Å². The molecule has 1 aromatic heterocycles. The van der Waals surface area contributed by atoms with Gasteiger partial charge < -0.3 is 20.7 Å². The number of nitrogens with zero attached hydrogens (tertiary/aromatic N) is 1. The number of carbonyl (C=O) groups excluding carboxylic acids is 3. The van der Waals surface area contributed by atoms with Crippen LogP contribution in [0.5, 0.6) is 5.75 Å². The quantitative estimate of drug-likeness (QED) is 0.456. The minimum absolute atomic E-state index is 0.174. The molecule has 0 aliphatic heterocycles. The summed E-state index contributed by atoms with van der Waals surface area (Å²) in [4.78, 5) is 40.6. The standard InChI is InChI=1S/C21H21N5O4S/c1-12-18(19(28)24-15-10-8-14(9-11-15)23-13(2)27)31-21(22-12)26-20(29)25-16-6-4-5-7-17(16)30-3/h4-11H,1-3H3,(H,23,27)(H,24,28)(H2,22,25,26,29). The Labute approximate surface area is 182 Å². The van der Waals surface area contributed by atoms with Crippen molar-refractivity contribution in [3.8, 4) is 5.75 Å². The summed E-state index contributed by atoms with van der Waals surface area (Å²) in [5, 5.41) is 11.0. The summed E-state index contributed by atoms with van der Waals surface area (Å²) in [6, 6.07) is 13.2. The van der Waals surface area contributed by atoms with E-state index in [2.05, 4.69) is 26.3 Å². The monoisotopic (exact) mass is 439 g/mol. The molecule has 10 heteroatoms. The number of ether oxygens (including phenoxy) is 1. The van der Waals surface area contributed by atoms with Crippen LogP contribution in [-0.4, -0.2) is 29.9 Å². The number of urea groups is 1. The Bertz CT molecular complexity index is 1110. The lowest BCUT2D eigenvalue weighted by Gasteiger charge is -2.09. The Kier molecular flexibility index (Phi) is 6.83. The highest BCUT2D eigenvalue weighted by atomic mass is 32.1. The van der Waals surface area contributed by atoms with Crippen LogP contribution in [0.3, 0.4) is 0 Å². The number of nitrogens with one attached hydrogen (secondary N) is 4. The molecule has 9 nitrogen and oxygen atoms in total. The van der Waals surface area contributed by atoms with Gasteiger partial charge in [-0.3, -0.25) is 14.9 Å². The van der Waals surface area contributed by atoms with E-state index < -0.39 is 6.03 Å². The smallest absolute Gasteiger partial charge is 0.325 e. The van der Waals surface area contributed by atoms with Crippen molar-refractivity contribution in [1.29, 1.82) is 0 Å². The second-order valence-electron chi connectivity index (χ2n) is 6.43. The van der Waals surface area contributed by atoms with Gasteiger partial charge in [-0.2, -0.15) is 0 Å². The number of hydrogen-bond acceptors (Lipinski definition) is 6. The first-order valence-electron chi connectivity index (χ1n) is 9.23. The van der Waals surface area contributed by atoms with Crippen molar-refractivity contribution >= 4 is 51.4 Å². The predicted octanol–water partition coefficient (Wildman–Crippen LogP) is 4.31. The molecule has 31 heavy (non-hydrogen) atoms. The number of methoxy groups -OCH3 is 1. The van der Waals surface area contributed by atoms with Crippen molar-refractivity contribution in [3.05, 3.63) is 59.1 Å². The molecule has 0 atom stereocenters. The molecule has 0 aliphatic rings. The van der Waals surface area contributed by atoms with Crippen LogP contribution in [0.25, 0.3) is 0 Å². The maximum atomic E-state index is 12.6. The van der Waals surface area contributed by atoms with E-state index in [4.69, 9.17) is 4.74 Å². The Hall–Kier alpha value is -3.92. The first kappa shape index (κ1) is 21.8. The van der Waals surface area contributed by atoms with E-state index >= 15 is 0 Å². The molecule has 1 heterocycles. The number of aryl methyl sites for hydroxylation is 1. The first-order valence-corrected chi connectivity index (χ1v) is 10.0. The van der Waals surface area contributed by atoms with Gasteiger partial charge in [0.05, 0.1) is 18.5 Å². The van der Waals surface area contributed by atoms with Gasteiger partial charge in [-0.1, -0.05) is 23.5 Å². The zero-order valence-corrected chi connectivity index (χ0v) is 17.9. The van der Waals surface area contributed by atoms with Gasteiger partial charge in [-0.05, 0) is 43.3 Å². The molecular weight excluding hydrogens is 418 g/mol. The van der Waals surface area contributed by atoms with Crippen LogP contribution in [0.15, 0.2) is 48.5 Å². The molecule has 4 amide bonds. The lowest BCUT2D eigenvalue weighted by molar-refractivity contribution is -0.114. The highest BCUT2D eigenvalue weighted by Crippen LogP contribution is 2.26. The molecule has 0 saturated carbocycles. The third-order valence-corrected chi connectivity index (χ3v) is 5.11. The Morgan fingerprint density at radius 2 is 1.55 bits per heavy atom. The number of rotatable bonds is 6. The summed E-state index contributed by atoms with van der Waals surface area (Å²) in [6.07, 6.45) is 0. The summed E-state index contributed by atoms with van der Waals surface area (Å²) < 4.78 is 5.20. The normalized spacial score (nSPS) is 10.2. The molecule has 0 aliphatic carbocycles. The summed E-state index contributed by atoms with van der Waals surface area (Å²) in [7, 11) is 1.51. The van der Waals surface area contributed by atoms with Crippen molar-refractivity contribution in [1.82, 2.24) is 4.98 Å². The Morgan fingerprint density at radius 1 is 0.903 bits per heavy atom. The topological polar surface area (TPSA) is 121 Å². The molecule has 3 rings (SSSR count). The van der Waals surface area contributed by atoms with E-state index in [9.17, 15) is 14.4 Å². The molecule has 0 spiro atoms. The van der Waals surface area contributed by atoms with E-state index in [1.165, 1.54) is 14.0 Å². The zero-order chi connectivity index (χ0) is 22.4. The number of hydrogen-bond donors (Lipinski definition) is 4. The average molecular weight is 439 g/mol. The third kappa shape index (κ3) is 5.80. The van der Waals surface area contributed by atoms with E-state index in [-0.39, 0.29) is 16.9 Å². The van der Waals surface area contributed by atoms with E-state index in [1.807, 2.05) is 0 Å². The molecule has 0 saturated heterocycles. The highest BCUT2D eigenvalue weighted by molar-refractivity contribution is 7.17. The van der Waals surface area contributed by atoms with Gasteiger partial charge in [-0.15, -0.1) is 0 Å². The number of anilines is 4. The molecular formula is C21H21N5O4S. The second kappa shape index (κ2) is 9.72. The maximum Gasteiger partial charge on any atom is 0.325 e. The van der Waals surface area contributed by atoms with Gasteiger partial charge >= 0.3 is 6.03 Å². The third-order valence-electron chi connectivity index (χ3n) is 4.04. The molecule has 4 N–H and O–H groups in total. The highest BCUT2D eigenvalue weighted by Gasteiger charge is 2.17. The van der Waals surface area contributed by atoms with Gasteiger partial charge in [0.1, 0.15) is 10.6 Å². The average Bonchev–Trinajstić information content (AvgIpc) is 3.09. The minimum atomic E-state index is -0.501. The fourth-order valence-electron chi connectivity index (χ4n) is 2.69. The number of amides is 4. The number of aromatic nitrogens is 1. The van der Waals surface area contributed by atoms with Gasteiger partial charge in [0, 0.05) is 18.3 Å². The van der Waals surface area contributed by atoms with Gasteiger partial charge in [0.15, 0.2) is 5.13 Å². The van der Waals surface area contributed by atoms with Crippen LogP contribution < -0.4 is 26.0 Å². The van der Waals surface area contributed by atoms with Crippen LogP contribution in [0.1, 0.15) is 22.3 Å². The number of benzene rings is 2. The van der Waals surface area contributed by atoms with Crippen molar-refractivity contribution in [2.24, 2.45) is 0 Å². The largest absolute Gasteiger partial charge is 0.495 e. The first-order chi connectivity index (χ1) is 14.9. The van der Waals surface area contributed by atoms with E-state index in [0.717, 1.165) is 11.3 Å². The van der Waals surface area contributed by atoms with Crippen molar-refractivity contribution in [2.45, 2.75) is 13.8 Å². The molecule has 3 aromatic rings. The SMILES string of the molecule is COc1ccccc1NC(=O)Nc1nc(C)c(C(=O)Nc2ccc(NC(C)=O)cc2)s1. The number of para-hydroxylation sites is 2. The van der Waals surface area contributed by atoms with Gasteiger partial charge in [0.2, 0.25) is 5.91 Å². The fourth-order valence-corrected chi connectivity index (χ4v) is 3.54. The number of thiazole rings is 1. The van der Waals surface area contributed by atoms with E-state index in [1.54, 1.807) is 55.5 Å². The lowest BCUT2D eigenvalue weighted by Crippen LogP contribution is -2.19. The fraction of sp³-hybridized carbons (Fsp3) is 0.143. The second-order valence-corrected chi connectivity index (χ2v) is 7.42. The van der Waals surface area contributed by atoms with Crippen molar-refractivity contribution in [3.63, 3.8) is 0 Å². The Balaban J connectivity index is 1.63. The summed E-state index contributed by atoms with van der Waals surface area (Å²) in [5.41, 5.74) is 2.20. The minimum Gasteiger partial charge on any atom is -0.495 e. The van der Waals surface area contributed by atoms with Crippen LogP contribution in [-0.2, 0) is 4.79 Å². The maximum absolute atomic E-state index is 12.6. The summed E-state index contributed by atoms with van der Waals surface area (Å²) in [5.74, 6) is 0.00451. The Morgan fingerprint density at radius 3 is 2.19 bits per heavy atom. The summed E-state index contributed by atoms with van der Waals surface area (Å²) in [6.45, 7) is 3.11. The lowest BCUT2D eigenvalue weighted by atomic mass is 10.2. The van der Waals surface area contributed by atoms with E-state index in [0.29, 0.717) is 33.4 Å². The van der Waals surface area contributed by atoms with Crippen molar-refractivity contribution < 1.29 is 19.1 Å². The molecule has 2 aromatic carbocycles. The molecule has 0 fully saturated rings. The van der Waals surface area contributed by atoms with Gasteiger partial charge in [0.25, 0.3) is 5.91 Å². The zero-order valence-electron chi connectivity index (χ0n) is 17.1. The van der Waals surface area contributed by atoms with Gasteiger partial charge in [-0.25, -0.2) is 9.78 Å². The van der Waals surface area contributed by atoms with Crippen LogP contribution in [0, 0.1) is 6.92 Å². The number of carbonyl (C=O) groups is 3. The molecule has 160 valence electrons. The predicted molar refractivity (Wildman–Crippen MR) is 121 cm³/mol. The molecule has 0 unspecified atom stereocenters.